The third kappa shape index (κ3) is 4.47. The van der Waals surface area contributed by atoms with Crippen molar-refractivity contribution in [2.24, 2.45) is 5.92 Å². The fourth-order valence-electron chi connectivity index (χ4n) is 2.84. The lowest BCUT2D eigenvalue weighted by molar-refractivity contribution is -0.143. The van der Waals surface area contributed by atoms with E-state index in [9.17, 15) is 9.59 Å². The molecule has 1 aliphatic rings. The van der Waals surface area contributed by atoms with Gasteiger partial charge in [-0.2, -0.15) is 0 Å². The summed E-state index contributed by atoms with van der Waals surface area (Å²) in [6, 6.07) is 7.88. The van der Waals surface area contributed by atoms with Crippen LogP contribution in [-0.4, -0.2) is 41.6 Å². The van der Waals surface area contributed by atoms with E-state index in [-0.39, 0.29) is 17.4 Å². The second-order valence-corrected chi connectivity index (χ2v) is 7.48. The standard InChI is InChI=1S/C17H23BrN2O3/c1-17(2,13-5-3-4-6-14(13)18)11-19-16(23)20-9-7-12(8-10-20)15(21)22/h3-6,12H,7-11H2,1-2H3,(H,19,23)(H,21,22). The zero-order valence-electron chi connectivity index (χ0n) is 13.5. The summed E-state index contributed by atoms with van der Waals surface area (Å²) in [7, 11) is 0. The van der Waals surface area contributed by atoms with Gasteiger partial charge in [0.15, 0.2) is 0 Å². The molecule has 6 heteroatoms. The minimum atomic E-state index is -0.764. The summed E-state index contributed by atoms with van der Waals surface area (Å²) in [5.74, 6) is -1.09. The van der Waals surface area contributed by atoms with Crippen LogP contribution >= 0.6 is 15.9 Å². The lowest BCUT2D eigenvalue weighted by Gasteiger charge is -2.32. The number of urea groups is 1. The van der Waals surface area contributed by atoms with Crippen molar-refractivity contribution in [2.75, 3.05) is 19.6 Å². The van der Waals surface area contributed by atoms with E-state index in [0.29, 0.717) is 32.5 Å². The first-order chi connectivity index (χ1) is 10.8. The molecular formula is C17H23BrN2O3. The second kappa shape index (κ2) is 7.34. The van der Waals surface area contributed by atoms with E-state index < -0.39 is 5.97 Å². The fraction of sp³-hybridized carbons (Fsp3) is 0.529. The molecule has 0 saturated carbocycles. The predicted octanol–water partition coefficient (Wildman–Crippen LogP) is 3.23. The molecule has 1 saturated heterocycles. The van der Waals surface area contributed by atoms with E-state index in [1.54, 1.807) is 4.90 Å². The molecule has 126 valence electrons. The highest BCUT2D eigenvalue weighted by Gasteiger charge is 2.28. The van der Waals surface area contributed by atoms with Crippen LogP contribution in [0.2, 0.25) is 0 Å². The molecule has 23 heavy (non-hydrogen) atoms. The Morgan fingerprint density at radius 3 is 2.48 bits per heavy atom. The van der Waals surface area contributed by atoms with Gasteiger partial charge >= 0.3 is 12.0 Å². The SMILES string of the molecule is CC(C)(CNC(=O)N1CCC(C(=O)O)CC1)c1ccccc1Br. The van der Waals surface area contributed by atoms with Gasteiger partial charge in [-0.25, -0.2) is 4.79 Å². The number of hydrogen-bond donors (Lipinski definition) is 2. The average Bonchev–Trinajstić information content (AvgIpc) is 2.53. The van der Waals surface area contributed by atoms with Crippen LogP contribution in [0.5, 0.6) is 0 Å². The van der Waals surface area contributed by atoms with Crippen molar-refractivity contribution in [3.05, 3.63) is 34.3 Å². The Balaban J connectivity index is 1.89. The highest BCUT2D eigenvalue weighted by Crippen LogP contribution is 2.29. The minimum Gasteiger partial charge on any atom is -0.481 e. The number of halogens is 1. The Bertz CT molecular complexity index is 581. The van der Waals surface area contributed by atoms with Crippen molar-refractivity contribution in [3.8, 4) is 0 Å². The first kappa shape index (κ1) is 17.8. The number of likely N-dealkylation sites (tertiary alicyclic amines) is 1. The van der Waals surface area contributed by atoms with Crippen LogP contribution in [-0.2, 0) is 10.2 Å². The number of benzene rings is 1. The first-order valence-corrected chi connectivity index (χ1v) is 8.61. The number of rotatable bonds is 4. The summed E-state index contributed by atoms with van der Waals surface area (Å²) in [5.41, 5.74) is 0.944. The minimum absolute atomic E-state index is 0.117. The number of carboxylic acid groups (broad SMARTS) is 1. The second-order valence-electron chi connectivity index (χ2n) is 6.62. The molecule has 1 aromatic carbocycles. The van der Waals surface area contributed by atoms with Crippen molar-refractivity contribution in [3.63, 3.8) is 0 Å². The molecule has 1 aliphatic heterocycles. The first-order valence-electron chi connectivity index (χ1n) is 7.82. The number of carbonyl (C=O) groups is 2. The van der Waals surface area contributed by atoms with E-state index >= 15 is 0 Å². The normalized spacial score (nSPS) is 16.2. The van der Waals surface area contributed by atoms with Crippen LogP contribution < -0.4 is 5.32 Å². The van der Waals surface area contributed by atoms with Gasteiger partial charge in [0.1, 0.15) is 0 Å². The van der Waals surface area contributed by atoms with E-state index in [4.69, 9.17) is 5.11 Å². The number of carboxylic acids is 1. The van der Waals surface area contributed by atoms with Crippen LogP contribution in [0.3, 0.4) is 0 Å². The van der Waals surface area contributed by atoms with Gasteiger partial charge in [-0.3, -0.25) is 4.79 Å². The largest absolute Gasteiger partial charge is 0.481 e. The highest BCUT2D eigenvalue weighted by molar-refractivity contribution is 9.10. The molecule has 0 unspecified atom stereocenters. The van der Waals surface area contributed by atoms with Gasteiger partial charge < -0.3 is 15.3 Å². The van der Waals surface area contributed by atoms with E-state index in [1.807, 2.05) is 18.2 Å². The molecule has 0 aliphatic carbocycles. The summed E-state index contributed by atoms with van der Waals surface area (Å²) in [4.78, 5) is 25.0. The number of piperidine rings is 1. The lowest BCUT2D eigenvalue weighted by atomic mass is 9.84. The van der Waals surface area contributed by atoms with E-state index in [1.165, 1.54) is 0 Å². The van der Waals surface area contributed by atoms with Gasteiger partial charge in [-0.05, 0) is 24.5 Å². The molecule has 0 radical (unpaired) electrons. The summed E-state index contributed by atoms with van der Waals surface area (Å²) in [6.45, 7) is 5.69. The van der Waals surface area contributed by atoms with Crippen LogP contribution in [0.25, 0.3) is 0 Å². The van der Waals surface area contributed by atoms with Crippen LogP contribution in [0.15, 0.2) is 28.7 Å². The van der Waals surface area contributed by atoms with Gasteiger partial charge in [-0.15, -0.1) is 0 Å². The van der Waals surface area contributed by atoms with E-state index in [2.05, 4.69) is 41.2 Å². The van der Waals surface area contributed by atoms with Gasteiger partial charge in [-0.1, -0.05) is 48.0 Å². The maximum Gasteiger partial charge on any atom is 0.317 e. The summed E-state index contributed by atoms with van der Waals surface area (Å²) >= 11 is 3.56. The quantitative estimate of drug-likeness (QED) is 0.839. The molecule has 0 bridgehead atoms. The number of nitrogens with one attached hydrogen (secondary N) is 1. The van der Waals surface area contributed by atoms with Gasteiger partial charge in [0, 0.05) is 29.5 Å². The molecule has 5 nitrogen and oxygen atoms in total. The number of aliphatic carboxylic acids is 1. The Labute approximate surface area is 145 Å². The monoisotopic (exact) mass is 382 g/mol. The zero-order chi connectivity index (χ0) is 17.0. The third-order valence-corrected chi connectivity index (χ3v) is 5.11. The summed E-state index contributed by atoms with van der Waals surface area (Å²) < 4.78 is 1.03. The maximum atomic E-state index is 12.3. The molecule has 0 aromatic heterocycles. The Hall–Kier alpha value is -1.56. The molecule has 2 N–H and O–H groups in total. The van der Waals surface area contributed by atoms with Gasteiger partial charge in [0.25, 0.3) is 0 Å². The maximum absolute atomic E-state index is 12.3. The van der Waals surface area contributed by atoms with Gasteiger partial charge in [0.2, 0.25) is 0 Å². The molecule has 2 amide bonds. The Morgan fingerprint density at radius 1 is 1.30 bits per heavy atom. The molecular weight excluding hydrogens is 360 g/mol. The molecule has 2 rings (SSSR count). The third-order valence-electron chi connectivity index (χ3n) is 4.42. The molecule has 0 spiro atoms. The van der Waals surface area contributed by atoms with Crippen molar-refractivity contribution >= 4 is 27.9 Å². The number of nitrogens with zero attached hydrogens (tertiary/aromatic N) is 1. The topological polar surface area (TPSA) is 69.6 Å². The zero-order valence-corrected chi connectivity index (χ0v) is 15.1. The Morgan fingerprint density at radius 2 is 1.91 bits per heavy atom. The summed E-state index contributed by atoms with van der Waals surface area (Å²) in [5, 5.41) is 12.0. The van der Waals surface area contributed by atoms with Crippen LogP contribution in [0, 0.1) is 5.92 Å². The number of hydrogen-bond acceptors (Lipinski definition) is 2. The molecule has 1 aromatic rings. The van der Waals surface area contributed by atoms with Crippen LogP contribution in [0.4, 0.5) is 4.79 Å². The molecule has 1 heterocycles. The number of amides is 2. The predicted molar refractivity (Wildman–Crippen MR) is 92.5 cm³/mol. The number of carbonyl (C=O) groups excluding carboxylic acids is 1. The van der Waals surface area contributed by atoms with Crippen molar-refractivity contribution in [1.29, 1.82) is 0 Å². The fourth-order valence-corrected chi connectivity index (χ4v) is 3.66. The average molecular weight is 383 g/mol. The lowest BCUT2D eigenvalue weighted by Crippen LogP contribution is -2.48. The van der Waals surface area contributed by atoms with Crippen molar-refractivity contribution in [1.82, 2.24) is 10.2 Å². The van der Waals surface area contributed by atoms with Gasteiger partial charge in [0.05, 0.1) is 5.92 Å². The molecule has 0 atom stereocenters. The Kier molecular flexibility index (Phi) is 5.68. The van der Waals surface area contributed by atoms with E-state index in [0.717, 1.165) is 10.0 Å². The van der Waals surface area contributed by atoms with Crippen molar-refractivity contribution < 1.29 is 14.7 Å². The highest BCUT2D eigenvalue weighted by atomic mass is 79.9. The smallest absolute Gasteiger partial charge is 0.317 e. The van der Waals surface area contributed by atoms with Crippen molar-refractivity contribution in [2.45, 2.75) is 32.1 Å². The summed E-state index contributed by atoms with van der Waals surface area (Å²) in [6.07, 6.45) is 1.05. The molecule has 1 fully saturated rings. The van der Waals surface area contributed by atoms with Crippen LogP contribution in [0.1, 0.15) is 32.3 Å².